The summed E-state index contributed by atoms with van der Waals surface area (Å²) in [6.45, 7) is 0. The highest BCUT2D eigenvalue weighted by molar-refractivity contribution is 5.99. The van der Waals surface area contributed by atoms with Crippen molar-refractivity contribution >= 4 is 11.7 Å². The maximum atomic E-state index is 12.8. The van der Waals surface area contributed by atoms with Crippen LogP contribution in [0, 0.1) is 0 Å². The Morgan fingerprint density at radius 1 is 1.21 bits per heavy atom. The Labute approximate surface area is 169 Å². The number of hydrogen-bond acceptors (Lipinski definition) is 5. The van der Waals surface area contributed by atoms with Gasteiger partial charge in [-0.3, -0.25) is 14.3 Å². The van der Waals surface area contributed by atoms with Gasteiger partial charge in [0.1, 0.15) is 11.8 Å². The maximum Gasteiger partial charge on any atom is 0.269 e. The molecule has 7 nitrogen and oxygen atoms in total. The van der Waals surface area contributed by atoms with E-state index >= 15 is 0 Å². The third-order valence-corrected chi connectivity index (χ3v) is 4.65. The molecule has 29 heavy (non-hydrogen) atoms. The maximum absolute atomic E-state index is 12.8. The molecule has 0 bridgehead atoms. The fraction of sp³-hybridized carbons (Fsp3) is 0.273. The second-order valence-corrected chi connectivity index (χ2v) is 6.86. The van der Waals surface area contributed by atoms with E-state index in [1.807, 2.05) is 31.4 Å². The third-order valence-electron chi connectivity index (χ3n) is 4.65. The smallest absolute Gasteiger partial charge is 0.269 e. The van der Waals surface area contributed by atoms with Crippen LogP contribution in [-0.2, 0) is 13.5 Å². The van der Waals surface area contributed by atoms with Gasteiger partial charge in [-0.1, -0.05) is 30.3 Å². The number of carbonyl (C=O) groups is 2. The van der Waals surface area contributed by atoms with Gasteiger partial charge >= 0.3 is 0 Å². The van der Waals surface area contributed by atoms with E-state index in [4.69, 9.17) is 0 Å². The number of amides is 1. The molecule has 150 valence electrons. The fourth-order valence-electron chi connectivity index (χ4n) is 3.10. The van der Waals surface area contributed by atoms with E-state index in [0.29, 0.717) is 24.0 Å². The summed E-state index contributed by atoms with van der Waals surface area (Å²) in [7, 11) is 3.35. The lowest BCUT2D eigenvalue weighted by Crippen LogP contribution is -2.21. The number of aliphatic hydroxyl groups is 1. The minimum Gasteiger partial charge on any atom is -0.382 e. The average molecular weight is 392 g/mol. The van der Waals surface area contributed by atoms with E-state index in [0.717, 1.165) is 12.0 Å². The Bertz CT molecular complexity index is 998. The summed E-state index contributed by atoms with van der Waals surface area (Å²) in [5, 5.41) is 17.3. The van der Waals surface area contributed by atoms with Gasteiger partial charge in [-0.05, 0) is 36.1 Å². The summed E-state index contributed by atoms with van der Waals surface area (Å²) in [5.74, 6) is -0.500. The van der Waals surface area contributed by atoms with Gasteiger partial charge in [0, 0.05) is 32.3 Å². The lowest BCUT2D eigenvalue weighted by atomic mass is 9.99. The topological polar surface area (TPSA) is 97.1 Å². The summed E-state index contributed by atoms with van der Waals surface area (Å²) >= 11 is 0. The first-order valence-electron chi connectivity index (χ1n) is 9.45. The van der Waals surface area contributed by atoms with Gasteiger partial charge in [0.2, 0.25) is 0 Å². The van der Waals surface area contributed by atoms with E-state index in [-0.39, 0.29) is 17.2 Å². The Hall–Kier alpha value is -3.32. The fourth-order valence-corrected chi connectivity index (χ4v) is 3.10. The summed E-state index contributed by atoms with van der Waals surface area (Å²) in [6, 6.07) is 12.1. The van der Waals surface area contributed by atoms with Crippen molar-refractivity contribution in [1.29, 1.82) is 0 Å². The van der Waals surface area contributed by atoms with Crippen molar-refractivity contribution in [3.8, 4) is 0 Å². The zero-order chi connectivity index (χ0) is 20.8. The predicted molar refractivity (Wildman–Crippen MR) is 109 cm³/mol. The van der Waals surface area contributed by atoms with E-state index in [1.54, 1.807) is 29.1 Å². The van der Waals surface area contributed by atoms with Crippen molar-refractivity contribution < 1.29 is 14.7 Å². The molecule has 0 aliphatic carbocycles. The van der Waals surface area contributed by atoms with Gasteiger partial charge in [0.15, 0.2) is 5.78 Å². The minimum absolute atomic E-state index is 0.0945. The number of Topliss-reactive ketones (excluding diaryl/α,β-unsaturated/α-hetero) is 1. The largest absolute Gasteiger partial charge is 0.382 e. The number of benzene rings is 1. The quantitative estimate of drug-likeness (QED) is 0.574. The second kappa shape index (κ2) is 9.25. The van der Waals surface area contributed by atoms with E-state index in [2.05, 4.69) is 15.4 Å². The molecule has 2 heterocycles. The SMILES string of the molecule is CNC(=O)c1cc(C(=O)CCCc2cnn(C)c2)cc([C@H](O)c2ccccc2)n1. The number of hydrogen-bond donors (Lipinski definition) is 2. The Morgan fingerprint density at radius 3 is 2.62 bits per heavy atom. The van der Waals surface area contributed by atoms with Crippen LogP contribution in [-0.4, -0.2) is 38.6 Å². The molecule has 0 radical (unpaired) electrons. The molecule has 1 atom stereocenters. The van der Waals surface area contributed by atoms with Crippen molar-refractivity contribution in [2.75, 3.05) is 7.05 Å². The number of aryl methyl sites for hydroxylation is 2. The number of aliphatic hydroxyl groups excluding tert-OH is 1. The Balaban J connectivity index is 1.80. The van der Waals surface area contributed by atoms with Crippen LogP contribution in [0.1, 0.15) is 56.6 Å². The molecular formula is C22H24N4O3. The zero-order valence-corrected chi connectivity index (χ0v) is 16.5. The first kappa shape index (κ1) is 20.4. The van der Waals surface area contributed by atoms with E-state index in [9.17, 15) is 14.7 Å². The van der Waals surface area contributed by atoms with Gasteiger partial charge in [0.25, 0.3) is 5.91 Å². The van der Waals surface area contributed by atoms with Gasteiger partial charge in [-0.15, -0.1) is 0 Å². The number of aromatic nitrogens is 3. The predicted octanol–water partition coefficient (Wildman–Crippen LogP) is 2.46. The molecule has 0 unspecified atom stereocenters. The molecule has 1 aromatic carbocycles. The number of carbonyl (C=O) groups excluding carboxylic acids is 2. The lowest BCUT2D eigenvalue weighted by molar-refractivity contribution is 0.0957. The lowest BCUT2D eigenvalue weighted by Gasteiger charge is -2.13. The standard InChI is InChI=1S/C22H24N4O3/c1-23-22(29)19-12-17(20(27)10-6-7-15-13-24-26(2)14-15)11-18(25-19)21(28)16-8-4-3-5-9-16/h3-5,8-9,11-14,21,28H,6-7,10H2,1-2H3,(H,23,29)/t21-/m1/s1. The molecule has 3 aromatic rings. The van der Waals surface area contributed by atoms with Crippen LogP contribution in [0.15, 0.2) is 54.9 Å². The highest BCUT2D eigenvalue weighted by Gasteiger charge is 2.19. The van der Waals surface area contributed by atoms with Crippen molar-refractivity contribution in [1.82, 2.24) is 20.1 Å². The first-order valence-corrected chi connectivity index (χ1v) is 9.45. The molecule has 2 aromatic heterocycles. The molecule has 2 N–H and O–H groups in total. The molecule has 0 fully saturated rings. The average Bonchev–Trinajstić information content (AvgIpc) is 3.17. The van der Waals surface area contributed by atoms with Crippen LogP contribution in [0.2, 0.25) is 0 Å². The zero-order valence-electron chi connectivity index (χ0n) is 16.5. The molecule has 0 aliphatic heterocycles. The number of nitrogens with zero attached hydrogens (tertiary/aromatic N) is 3. The summed E-state index contributed by atoms with van der Waals surface area (Å²) < 4.78 is 1.73. The van der Waals surface area contributed by atoms with Gasteiger partial charge < -0.3 is 10.4 Å². The van der Waals surface area contributed by atoms with Crippen molar-refractivity contribution in [2.45, 2.75) is 25.4 Å². The molecule has 0 saturated carbocycles. The van der Waals surface area contributed by atoms with Crippen LogP contribution >= 0.6 is 0 Å². The molecule has 0 saturated heterocycles. The normalized spacial score (nSPS) is 11.8. The molecule has 1 amide bonds. The van der Waals surface area contributed by atoms with Gasteiger partial charge in [-0.2, -0.15) is 5.10 Å². The number of ketones is 1. The monoisotopic (exact) mass is 392 g/mol. The van der Waals surface area contributed by atoms with Crippen molar-refractivity contribution in [3.63, 3.8) is 0 Å². The summed E-state index contributed by atoms with van der Waals surface area (Å²) in [4.78, 5) is 29.1. The van der Waals surface area contributed by atoms with Crippen molar-refractivity contribution in [2.24, 2.45) is 7.05 Å². The molecule has 0 aliphatic rings. The number of pyridine rings is 1. The Morgan fingerprint density at radius 2 is 1.97 bits per heavy atom. The minimum atomic E-state index is -1.03. The van der Waals surface area contributed by atoms with Crippen LogP contribution in [0.4, 0.5) is 0 Å². The summed E-state index contributed by atoms with van der Waals surface area (Å²) in [6.07, 6.45) is 4.42. The highest BCUT2D eigenvalue weighted by Crippen LogP contribution is 2.22. The first-order chi connectivity index (χ1) is 14.0. The molecule has 3 rings (SSSR count). The van der Waals surface area contributed by atoms with E-state index in [1.165, 1.54) is 13.1 Å². The highest BCUT2D eigenvalue weighted by atomic mass is 16.3. The van der Waals surface area contributed by atoms with Crippen LogP contribution < -0.4 is 5.32 Å². The summed E-state index contributed by atoms with van der Waals surface area (Å²) in [5.41, 5.74) is 2.46. The van der Waals surface area contributed by atoms with Gasteiger partial charge in [-0.25, -0.2) is 4.98 Å². The van der Waals surface area contributed by atoms with E-state index < -0.39 is 12.0 Å². The van der Waals surface area contributed by atoms with Gasteiger partial charge in [0.05, 0.1) is 11.9 Å². The van der Waals surface area contributed by atoms with Crippen LogP contribution in [0.3, 0.4) is 0 Å². The van der Waals surface area contributed by atoms with Crippen LogP contribution in [0.5, 0.6) is 0 Å². The van der Waals surface area contributed by atoms with Crippen LogP contribution in [0.25, 0.3) is 0 Å². The molecule has 7 heteroatoms. The molecule has 0 spiro atoms. The Kier molecular flexibility index (Phi) is 6.51. The molecular weight excluding hydrogens is 368 g/mol. The number of nitrogens with one attached hydrogen (secondary N) is 1. The number of rotatable bonds is 8. The third kappa shape index (κ3) is 5.14. The second-order valence-electron chi connectivity index (χ2n) is 6.86. The van der Waals surface area contributed by atoms with Crippen molar-refractivity contribution in [3.05, 3.63) is 82.9 Å².